The molecule has 3 aromatic carbocycles. The van der Waals surface area contributed by atoms with Crippen molar-refractivity contribution in [1.29, 1.82) is 0 Å². The maximum absolute atomic E-state index is 6.14. The van der Waals surface area contributed by atoms with E-state index < -0.39 is 0 Å². The van der Waals surface area contributed by atoms with Crippen LogP contribution >= 0.6 is 0 Å². The molecule has 0 fully saturated rings. The molecule has 0 spiro atoms. The summed E-state index contributed by atoms with van der Waals surface area (Å²) in [5.74, 6) is 0.906. The summed E-state index contributed by atoms with van der Waals surface area (Å²) in [7, 11) is 0. The molecule has 5 rings (SSSR count). The van der Waals surface area contributed by atoms with E-state index in [0.29, 0.717) is 6.61 Å². The Morgan fingerprint density at radius 3 is 2.20 bits per heavy atom. The van der Waals surface area contributed by atoms with Gasteiger partial charge < -0.3 is 9.14 Å². The van der Waals surface area contributed by atoms with E-state index in [1.54, 1.807) is 0 Å². The predicted octanol–water partition coefficient (Wildman–Crippen LogP) is 6.78. The zero-order valence-corrected chi connectivity index (χ0v) is 16.7. The number of ether oxygens (including phenoxy) is 1. The minimum Gasteiger partial charge on any atom is -0.487 e. The highest BCUT2D eigenvalue weighted by atomic mass is 16.5. The van der Waals surface area contributed by atoms with Crippen molar-refractivity contribution in [3.8, 4) is 16.9 Å². The SMILES string of the molecule is c1ccc(COc2cccn3c(Cc4ccccc4-c4ccccc4)ccc23)cc1. The van der Waals surface area contributed by atoms with Crippen LogP contribution in [0.1, 0.15) is 16.8 Å². The molecule has 2 heterocycles. The van der Waals surface area contributed by atoms with E-state index in [1.807, 2.05) is 24.3 Å². The molecular weight excluding hydrogens is 366 g/mol. The average molecular weight is 389 g/mol. The Labute approximate surface area is 177 Å². The molecule has 30 heavy (non-hydrogen) atoms. The van der Waals surface area contributed by atoms with Crippen molar-refractivity contribution in [2.75, 3.05) is 0 Å². The Kier molecular flexibility index (Phi) is 5.05. The molecular formula is C28H23NO. The Morgan fingerprint density at radius 2 is 1.37 bits per heavy atom. The third-order valence-electron chi connectivity index (χ3n) is 5.45. The van der Waals surface area contributed by atoms with E-state index in [-0.39, 0.29) is 0 Å². The van der Waals surface area contributed by atoms with Gasteiger partial charge in [-0.2, -0.15) is 0 Å². The molecule has 0 radical (unpaired) electrons. The summed E-state index contributed by atoms with van der Waals surface area (Å²) < 4.78 is 8.38. The fourth-order valence-electron chi connectivity index (χ4n) is 3.94. The van der Waals surface area contributed by atoms with Gasteiger partial charge in [0.15, 0.2) is 0 Å². The van der Waals surface area contributed by atoms with Crippen LogP contribution < -0.4 is 4.74 Å². The van der Waals surface area contributed by atoms with Crippen molar-refractivity contribution >= 4 is 5.52 Å². The zero-order valence-electron chi connectivity index (χ0n) is 16.7. The summed E-state index contributed by atoms with van der Waals surface area (Å²) in [5.41, 5.74) is 7.37. The Bertz CT molecular complexity index is 1260. The van der Waals surface area contributed by atoms with Crippen LogP contribution in [0.25, 0.3) is 16.6 Å². The first-order valence-corrected chi connectivity index (χ1v) is 10.3. The van der Waals surface area contributed by atoms with E-state index in [0.717, 1.165) is 17.7 Å². The van der Waals surface area contributed by atoms with E-state index in [2.05, 4.69) is 95.5 Å². The molecule has 0 saturated carbocycles. The van der Waals surface area contributed by atoms with Crippen LogP contribution in [0.2, 0.25) is 0 Å². The molecule has 2 nitrogen and oxygen atoms in total. The van der Waals surface area contributed by atoms with Gasteiger partial charge in [0.05, 0.1) is 5.52 Å². The molecule has 2 aromatic heterocycles. The van der Waals surface area contributed by atoms with E-state index >= 15 is 0 Å². The highest BCUT2D eigenvalue weighted by molar-refractivity contribution is 5.68. The second-order valence-electron chi connectivity index (χ2n) is 7.43. The fourth-order valence-corrected chi connectivity index (χ4v) is 3.94. The van der Waals surface area contributed by atoms with Gasteiger partial charge in [0.2, 0.25) is 0 Å². The summed E-state index contributed by atoms with van der Waals surface area (Å²) in [6, 6.07) is 38.0. The highest BCUT2D eigenvalue weighted by Gasteiger charge is 2.10. The fraction of sp³-hybridized carbons (Fsp3) is 0.0714. The van der Waals surface area contributed by atoms with Gasteiger partial charge in [0.25, 0.3) is 0 Å². The smallest absolute Gasteiger partial charge is 0.143 e. The van der Waals surface area contributed by atoms with Gasteiger partial charge in [-0.25, -0.2) is 0 Å². The molecule has 0 atom stereocenters. The molecule has 146 valence electrons. The number of hydrogen-bond acceptors (Lipinski definition) is 1. The van der Waals surface area contributed by atoms with Gasteiger partial charge in [-0.15, -0.1) is 0 Å². The van der Waals surface area contributed by atoms with E-state index in [4.69, 9.17) is 4.74 Å². The lowest BCUT2D eigenvalue weighted by atomic mass is 9.97. The molecule has 0 aliphatic rings. The third kappa shape index (κ3) is 3.72. The first-order valence-electron chi connectivity index (χ1n) is 10.3. The number of aromatic nitrogens is 1. The number of hydrogen-bond donors (Lipinski definition) is 0. The van der Waals surface area contributed by atoms with Gasteiger partial charge in [-0.05, 0) is 46.5 Å². The second kappa shape index (κ2) is 8.30. The highest BCUT2D eigenvalue weighted by Crippen LogP contribution is 2.28. The van der Waals surface area contributed by atoms with Crippen LogP contribution in [-0.4, -0.2) is 4.40 Å². The molecule has 0 aliphatic carbocycles. The van der Waals surface area contributed by atoms with Crippen LogP contribution in [0, 0.1) is 0 Å². The number of fused-ring (bicyclic) bond motifs is 1. The predicted molar refractivity (Wildman–Crippen MR) is 123 cm³/mol. The summed E-state index contributed by atoms with van der Waals surface area (Å²) >= 11 is 0. The van der Waals surface area contributed by atoms with Gasteiger partial charge in [-0.1, -0.05) is 84.9 Å². The quantitative estimate of drug-likeness (QED) is 0.312. The van der Waals surface area contributed by atoms with Gasteiger partial charge in [0.1, 0.15) is 12.4 Å². The van der Waals surface area contributed by atoms with Crippen molar-refractivity contribution in [1.82, 2.24) is 4.40 Å². The summed E-state index contributed by atoms with van der Waals surface area (Å²) in [6.45, 7) is 0.567. The first-order chi connectivity index (χ1) is 14.9. The average Bonchev–Trinajstić information content (AvgIpc) is 3.23. The standard InChI is InChI=1S/C28H23NO/c1-3-10-22(11-4-1)21-30-28-16-9-19-29-25(17-18-27(28)29)20-24-14-7-8-15-26(24)23-12-5-2-6-13-23/h1-19H,20-21H2. The van der Waals surface area contributed by atoms with Crippen molar-refractivity contribution in [3.63, 3.8) is 0 Å². The lowest BCUT2D eigenvalue weighted by molar-refractivity contribution is 0.309. The van der Waals surface area contributed by atoms with Crippen LogP contribution in [-0.2, 0) is 13.0 Å². The van der Waals surface area contributed by atoms with Crippen LogP contribution in [0.4, 0.5) is 0 Å². The van der Waals surface area contributed by atoms with Crippen molar-refractivity contribution in [2.24, 2.45) is 0 Å². The minimum atomic E-state index is 0.567. The lowest BCUT2D eigenvalue weighted by Crippen LogP contribution is -1.99. The molecule has 0 saturated heterocycles. The molecule has 0 aliphatic heterocycles. The number of rotatable bonds is 6. The summed E-state index contributed by atoms with van der Waals surface area (Å²) in [5, 5.41) is 0. The number of pyridine rings is 1. The van der Waals surface area contributed by atoms with Crippen molar-refractivity contribution < 1.29 is 4.74 Å². The Hall–Kier alpha value is -3.78. The molecule has 0 N–H and O–H groups in total. The van der Waals surface area contributed by atoms with E-state index in [1.165, 1.54) is 27.9 Å². The van der Waals surface area contributed by atoms with Crippen molar-refractivity contribution in [3.05, 3.63) is 132 Å². The van der Waals surface area contributed by atoms with Gasteiger partial charge >= 0.3 is 0 Å². The Morgan fingerprint density at radius 1 is 0.633 bits per heavy atom. The zero-order chi connectivity index (χ0) is 20.2. The molecule has 5 aromatic rings. The summed E-state index contributed by atoms with van der Waals surface area (Å²) in [6.07, 6.45) is 2.98. The third-order valence-corrected chi connectivity index (χ3v) is 5.45. The molecule has 0 amide bonds. The van der Waals surface area contributed by atoms with Crippen molar-refractivity contribution in [2.45, 2.75) is 13.0 Å². The molecule has 0 unspecified atom stereocenters. The summed E-state index contributed by atoms with van der Waals surface area (Å²) in [4.78, 5) is 0. The van der Waals surface area contributed by atoms with E-state index in [9.17, 15) is 0 Å². The molecule has 2 heteroatoms. The number of nitrogens with zero attached hydrogens (tertiary/aromatic N) is 1. The van der Waals surface area contributed by atoms with Crippen LogP contribution in [0.15, 0.2) is 115 Å². The van der Waals surface area contributed by atoms with Gasteiger partial charge in [-0.3, -0.25) is 0 Å². The lowest BCUT2D eigenvalue weighted by Gasteiger charge is -2.12. The molecule has 0 bridgehead atoms. The largest absolute Gasteiger partial charge is 0.487 e. The number of benzene rings is 3. The maximum Gasteiger partial charge on any atom is 0.143 e. The van der Waals surface area contributed by atoms with Crippen LogP contribution in [0.5, 0.6) is 5.75 Å². The normalized spacial score (nSPS) is 10.9. The topological polar surface area (TPSA) is 13.6 Å². The second-order valence-corrected chi connectivity index (χ2v) is 7.43. The minimum absolute atomic E-state index is 0.567. The first kappa shape index (κ1) is 18.3. The maximum atomic E-state index is 6.14. The Balaban J connectivity index is 1.44. The monoisotopic (exact) mass is 389 g/mol. The van der Waals surface area contributed by atoms with Crippen LogP contribution in [0.3, 0.4) is 0 Å². The van der Waals surface area contributed by atoms with Gasteiger partial charge in [0, 0.05) is 18.3 Å².